The van der Waals surface area contributed by atoms with Gasteiger partial charge in [-0.05, 0) is 115 Å². The van der Waals surface area contributed by atoms with Crippen LogP contribution in [-0.4, -0.2) is 19.9 Å². The second-order valence-electron chi connectivity index (χ2n) is 12.5. The minimum absolute atomic E-state index is 0.000772. The van der Waals surface area contributed by atoms with Gasteiger partial charge in [0.2, 0.25) is 17.5 Å². The molecule has 1 aliphatic heterocycles. The molecule has 0 unspecified atom stereocenters. The molecule has 0 saturated heterocycles. The van der Waals surface area contributed by atoms with Crippen molar-refractivity contribution in [2.45, 2.75) is 0 Å². The zero-order chi connectivity index (χ0) is 43.7. The van der Waals surface area contributed by atoms with Crippen LogP contribution in [0.2, 0.25) is 0 Å². The molecule has 60 heavy (non-hydrogen) atoms. The average molecular weight is 1300 g/mol. The Balaban J connectivity index is 1.73. The van der Waals surface area contributed by atoms with Crippen LogP contribution in [0.25, 0.3) is 78.6 Å². The van der Waals surface area contributed by atoms with Crippen molar-refractivity contribution >= 4 is 136 Å². The van der Waals surface area contributed by atoms with Gasteiger partial charge in [0.15, 0.2) is 69.8 Å². The van der Waals surface area contributed by atoms with Crippen LogP contribution in [0.3, 0.4) is 0 Å². The highest BCUT2D eigenvalue weighted by Crippen LogP contribution is 2.45. The Bertz CT molecular complexity index is 3200. The second kappa shape index (κ2) is 15.3. The number of nitrogens with one attached hydrogen (secondary N) is 3. The van der Waals surface area contributed by atoms with Gasteiger partial charge in [0.05, 0.1) is 64.4 Å². The summed E-state index contributed by atoms with van der Waals surface area (Å²) < 4.78 is 227. The monoisotopic (exact) mass is 1300 g/mol. The Morgan fingerprint density at radius 1 is 0.300 bits per heavy atom. The first-order chi connectivity index (χ1) is 28.2. The van der Waals surface area contributed by atoms with E-state index in [1.54, 1.807) is 90.4 Å². The van der Waals surface area contributed by atoms with Crippen LogP contribution in [0.4, 0.5) is 65.9 Å². The van der Waals surface area contributed by atoms with E-state index < -0.39 is 154 Å². The average Bonchev–Trinajstić information content (AvgIpc) is 4.03. The third kappa shape index (κ3) is 6.15. The molecule has 4 nitrogen and oxygen atoms in total. The van der Waals surface area contributed by atoms with E-state index in [1.807, 2.05) is 0 Å². The van der Waals surface area contributed by atoms with Crippen LogP contribution in [0, 0.1) is 102 Å². The molecule has 0 aliphatic carbocycles. The Labute approximate surface area is 376 Å². The van der Waals surface area contributed by atoms with Gasteiger partial charge in [-0.25, -0.2) is 70.8 Å². The molecule has 7 aromatic rings. The summed E-state index contributed by atoms with van der Waals surface area (Å²) in [6.07, 6.45) is 1.68. The number of H-pyrrole nitrogens is 3. The molecule has 0 saturated carbocycles. The molecule has 1 aliphatic rings. The second-order valence-corrected chi connectivity index (χ2v) is 16.8. The quantitative estimate of drug-likeness (QED) is 0.0702. The number of aromatic amines is 3. The molecule has 3 N–H and O–H groups in total. The summed E-state index contributed by atoms with van der Waals surface area (Å²) in [6.45, 7) is 0. The molecule has 0 fully saturated rings. The Morgan fingerprint density at radius 3 is 0.950 bits per heavy atom. The highest BCUT2D eigenvalue weighted by atomic mass is 127. The first kappa shape index (κ1) is 42.9. The number of benzene rings is 3. The van der Waals surface area contributed by atoms with Crippen LogP contribution >= 0.6 is 90.4 Å². The van der Waals surface area contributed by atoms with Crippen LogP contribution in [0.1, 0.15) is 11.4 Å². The molecule has 23 heteroatoms. The van der Waals surface area contributed by atoms with Gasteiger partial charge in [-0.15, -0.1) is 0 Å². The summed E-state index contributed by atoms with van der Waals surface area (Å²) in [5.74, 6) is -36.5. The molecule has 3 aromatic carbocycles. The van der Waals surface area contributed by atoms with Gasteiger partial charge >= 0.3 is 0 Å². The fourth-order valence-corrected chi connectivity index (χ4v) is 9.27. The van der Waals surface area contributed by atoms with E-state index in [2.05, 4.69) is 19.9 Å². The molecule has 8 bridgehead atoms. The molecule has 0 radical (unpaired) electrons. The van der Waals surface area contributed by atoms with E-state index in [0.29, 0.717) is 0 Å². The van der Waals surface area contributed by atoms with Gasteiger partial charge in [0.1, 0.15) is 0 Å². The number of hydrogen-bond donors (Lipinski definition) is 3. The number of aromatic nitrogens is 4. The van der Waals surface area contributed by atoms with Gasteiger partial charge in [-0.1, -0.05) is 0 Å². The number of nitrogens with zero attached hydrogens (tertiary/aromatic N) is 1. The number of hydrogen-bond acceptors (Lipinski definition) is 1. The molecule has 0 spiro atoms. The smallest absolute Gasteiger partial charge is 0.200 e. The third-order valence-corrected chi connectivity index (χ3v) is 15.6. The first-order valence-electron chi connectivity index (χ1n) is 15.9. The van der Waals surface area contributed by atoms with E-state index in [9.17, 15) is 39.5 Å². The molecule has 0 atom stereocenters. The molecular weight excluding hydrogens is 1290 g/mol. The van der Waals surface area contributed by atoms with Crippen molar-refractivity contribution in [3.8, 4) is 33.4 Å². The standard InChI is InChI=1S/C37H7F15I4N4/c38-15-12(16(39)22(45)27(50)21(15)44)9-5-1-3-7(57-5)10(13-17(40)23(46)28(51)24(47)18(13)41)34-30(53)32(55)36(59-34)37-33(56)31(54)35(60-37)11(8-4-2-6(9)58-8)14-19(42)25(48)29(52)26(49)20(14)43/h1-4,57,59-60H. The van der Waals surface area contributed by atoms with Gasteiger partial charge < -0.3 is 15.0 Å². The van der Waals surface area contributed by atoms with Gasteiger partial charge in [-0.2, -0.15) is 0 Å². The maximum Gasteiger partial charge on any atom is 0.200 e. The number of fused-ring (bicyclic) bond motifs is 9. The highest BCUT2D eigenvalue weighted by molar-refractivity contribution is 14.1. The zero-order valence-corrected chi connectivity index (χ0v) is 36.6. The summed E-state index contributed by atoms with van der Waals surface area (Å²) in [5.41, 5.74) is -11.2. The van der Waals surface area contributed by atoms with Crippen LogP contribution in [0.15, 0.2) is 12.1 Å². The Hall–Kier alpha value is -3.74. The van der Waals surface area contributed by atoms with E-state index in [4.69, 9.17) is 0 Å². The predicted octanol–water partition coefficient (Wildman–Crippen LogP) is 14.2. The van der Waals surface area contributed by atoms with Crippen molar-refractivity contribution in [2.75, 3.05) is 0 Å². The predicted molar refractivity (Wildman–Crippen MR) is 222 cm³/mol. The maximum absolute atomic E-state index is 15.8. The molecular formula is C37H7F15I4N4. The normalized spacial score (nSPS) is 12.2. The molecule has 5 heterocycles. The van der Waals surface area contributed by atoms with E-state index in [-0.39, 0.29) is 25.3 Å². The number of halogens is 19. The SMILES string of the molecule is Fc1c(F)c(F)c(-c2c3nc(c(-c4c(F)c(F)c(F)c(F)c4F)c4[nH]c(c(I)c4I)c4[nH]c(c(I)c4I)c(-c4c(F)c(F)c(F)c(F)c4F)c4ccc2[nH]4)C=C3)c(F)c1F. The molecule has 308 valence electrons. The van der Waals surface area contributed by atoms with Gasteiger partial charge in [-0.3, -0.25) is 0 Å². The van der Waals surface area contributed by atoms with Crippen molar-refractivity contribution in [3.05, 3.63) is 125 Å². The van der Waals surface area contributed by atoms with Crippen molar-refractivity contribution in [3.63, 3.8) is 0 Å². The summed E-state index contributed by atoms with van der Waals surface area (Å²) in [4.78, 5) is 12.3. The van der Waals surface area contributed by atoms with Gasteiger partial charge in [0.25, 0.3) is 0 Å². The number of rotatable bonds is 3. The Morgan fingerprint density at radius 2 is 0.567 bits per heavy atom. The largest absolute Gasteiger partial charge is 0.354 e. The summed E-state index contributed by atoms with van der Waals surface area (Å²) in [7, 11) is 0. The lowest BCUT2D eigenvalue weighted by Gasteiger charge is -2.11. The minimum atomic E-state index is -2.60. The van der Waals surface area contributed by atoms with Crippen molar-refractivity contribution in [1.82, 2.24) is 19.9 Å². The summed E-state index contributed by atoms with van der Waals surface area (Å²) >= 11 is 6.73. The fraction of sp³-hybridized carbons (Fsp3) is 0. The van der Waals surface area contributed by atoms with Crippen molar-refractivity contribution < 1.29 is 65.9 Å². The third-order valence-electron chi connectivity index (χ3n) is 9.27. The van der Waals surface area contributed by atoms with E-state index in [0.717, 1.165) is 24.3 Å². The van der Waals surface area contributed by atoms with Gasteiger partial charge in [0, 0.05) is 27.7 Å². The zero-order valence-electron chi connectivity index (χ0n) is 27.9. The lowest BCUT2D eigenvalue weighted by atomic mass is 10.0. The summed E-state index contributed by atoms with van der Waals surface area (Å²) in [6, 6.07) is 1.76. The van der Waals surface area contributed by atoms with Crippen LogP contribution < -0.4 is 0 Å². The summed E-state index contributed by atoms with van der Waals surface area (Å²) in [5, 5.41) is 0. The lowest BCUT2D eigenvalue weighted by Crippen LogP contribution is -2.06. The maximum atomic E-state index is 15.8. The fourth-order valence-electron chi connectivity index (χ4n) is 6.57. The molecule has 4 aromatic heterocycles. The van der Waals surface area contributed by atoms with Crippen LogP contribution in [0.5, 0.6) is 0 Å². The van der Waals surface area contributed by atoms with Crippen molar-refractivity contribution in [2.24, 2.45) is 0 Å². The topological polar surface area (TPSA) is 60.3 Å². The van der Waals surface area contributed by atoms with Crippen LogP contribution in [-0.2, 0) is 0 Å². The lowest BCUT2D eigenvalue weighted by molar-refractivity contribution is 0.381. The first-order valence-corrected chi connectivity index (χ1v) is 20.2. The van der Waals surface area contributed by atoms with E-state index in [1.165, 1.54) is 0 Å². The Kier molecular flexibility index (Phi) is 10.9. The van der Waals surface area contributed by atoms with Crippen molar-refractivity contribution in [1.29, 1.82) is 0 Å². The highest BCUT2D eigenvalue weighted by Gasteiger charge is 2.34. The molecule has 0 amide bonds. The van der Waals surface area contributed by atoms with E-state index >= 15 is 26.3 Å². The molecule has 8 rings (SSSR count). The minimum Gasteiger partial charge on any atom is -0.354 e.